The summed E-state index contributed by atoms with van der Waals surface area (Å²) in [5.74, 6) is 2.17. The predicted molar refractivity (Wildman–Crippen MR) is 99.4 cm³/mol. The molecular formula is C18H31N5O2. The van der Waals surface area contributed by atoms with Crippen molar-refractivity contribution < 1.29 is 9.21 Å². The van der Waals surface area contributed by atoms with Crippen LogP contribution in [0.15, 0.2) is 27.8 Å². The molecule has 2 heterocycles. The van der Waals surface area contributed by atoms with E-state index >= 15 is 0 Å². The van der Waals surface area contributed by atoms with Gasteiger partial charge in [0.25, 0.3) is 0 Å². The van der Waals surface area contributed by atoms with Crippen LogP contribution in [-0.4, -0.2) is 56.5 Å². The third-order valence-corrected chi connectivity index (χ3v) is 4.50. The van der Waals surface area contributed by atoms with Gasteiger partial charge < -0.3 is 25.3 Å². The molecule has 3 N–H and O–H groups in total. The number of hydrogen-bond acceptors (Lipinski definition) is 4. The molecule has 0 unspecified atom stereocenters. The number of aliphatic imine (C=N–C) groups is 1. The summed E-state index contributed by atoms with van der Waals surface area (Å²) < 4.78 is 5.18. The van der Waals surface area contributed by atoms with Crippen LogP contribution in [0.4, 0.5) is 0 Å². The molecule has 0 radical (unpaired) electrons. The summed E-state index contributed by atoms with van der Waals surface area (Å²) in [7, 11) is 1.71. The van der Waals surface area contributed by atoms with Gasteiger partial charge in [0.05, 0.1) is 19.4 Å². The van der Waals surface area contributed by atoms with Crippen LogP contribution >= 0.6 is 0 Å². The van der Waals surface area contributed by atoms with E-state index in [2.05, 4.69) is 32.8 Å². The van der Waals surface area contributed by atoms with Gasteiger partial charge in [-0.2, -0.15) is 0 Å². The van der Waals surface area contributed by atoms with Gasteiger partial charge in [0.1, 0.15) is 5.76 Å². The van der Waals surface area contributed by atoms with Gasteiger partial charge in [-0.1, -0.05) is 6.92 Å². The number of hydrogen-bond donors (Lipinski definition) is 3. The number of carbonyl (C=O) groups is 1. The highest BCUT2D eigenvalue weighted by atomic mass is 16.3. The SMILES string of the molecule is CN=C(NCCCN1CCC(C)CC1)NCC(=O)NCc1ccco1. The van der Waals surface area contributed by atoms with E-state index < -0.39 is 0 Å². The topological polar surface area (TPSA) is 81.9 Å². The average Bonchev–Trinajstić information content (AvgIpc) is 3.14. The molecule has 1 aliphatic rings. The molecule has 1 aliphatic heterocycles. The third kappa shape index (κ3) is 7.60. The fourth-order valence-electron chi connectivity index (χ4n) is 2.84. The lowest BCUT2D eigenvalue weighted by atomic mass is 9.99. The summed E-state index contributed by atoms with van der Waals surface area (Å²) in [4.78, 5) is 18.5. The first kappa shape index (κ1) is 19.3. The number of likely N-dealkylation sites (tertiary alicyclic amines) is 1. The van der Waals surface area contributed by atoms with Crippen LogP contribution in [0.5, 0.6) is 0 Å². The zero-order valence-electron chi connectivity index (χ0n) is 15.4. The number of furan rings is 1. The zero-order chi connectivity index (χ0) is 17.9. The lowest BCUT2D eigenvalue weighted by Gasteiger charge is -2.30. The minimum Gasteiger partial charge on any atom is -0.467 e. The molecule has 1 aromatic heterocycles. The highest BCUT2D eigenvalue weighted by Crippen LogP contribution is 2.15. The molecule has 0 aliphatic carbocycles. The lowest BCUT2D eigenvalue weighted by Crippen LogP contribution is -2.43. The van der Waals surface area contributed by atoms with Gasteiger partial charge in [-0.05, 0) is 56.9 Å². The Kier molecular flexibility index (Phi) is 8.31. The molecule has 1 amide bonds. The standard InChI is InChI=1S/C18H31N5O2/c1-15-6-10-23(11-7-15)9-4-8-20-18(19-2)22-14-17(24)21-13-16-5-3-12-25-16/h3,5,12,15H,4,6-11,13-14H2,1-2H3,(H,21,24)(H2,19,20,22). The largest absolute Gasteiger partial charge is 0.467 e. The number of guanidine groups is 1. The van der Waals surface area contributed by atoms with Gasteiger partial charge in [-0.3, -0.25) is 9.79 Å². The molecule has 25 heavy (non-hydrogen) atoms. The van der Waals surface area contributed by atoms with Crippen molar-refractivity contribution in [1.29, 1.82) is 0 Å². The quantitative estimate of drug-likeness (QED) is 0.373. The van der Waals surface area contributed by atoms with E-state index in [0.29, 0.717) is 12.5 Å². The Morgan fingerprint density at radius 2 is 2.12 bits per heavy atom. The zero-order valence-corrected chi connectivity index (χ0v) is 15.4. The van der Waals surface area contributed by atoms with Crippen molar-refractivity contribution >= 4 is 11.9 Å². The van der Waals surface area contributed by atoms with Crippen LogP contribution in [0.2, 0.25) is 0 Å². The van der Waals surface area contributed by atoms with Crippen molar-refractivity contribution in [2.75, 3.05) is 39.8 Å². The molecule has 2 rings (SSSR count). The Hall–Kier alpha value is -2.02. The molecule has 7 nitrogen and oxygen atoms in total. The fourth-order valence-corrected chi connectivity index (χ4v) is 2.84. The maximum absolute atomic E-state index is 11.8. The Morgan fingerprint density at radius 1 is 1.32 bits per heavy atom. The maximum Gasteiger partial charge on any atom is 0.239 e. The molecule has 0 bridgehead atoms. The van der Waals surface area contributed by atoms with E-state index in [4.69, 9.17) is 4.42 Å². The molecule has 1 saturated heterocycles. The van der Waals surface area contributed by atoms with Crippen molar-refractivity contribution in [3.63, 3.8) is 0 Å². The number of carbonyl (C=O) groups excluding carboxylic acids is 1. The molecule has 0 atom stereocenters. The monoisotopic (exact) mass is 349 g/mol. The van der Waals surface area contributed by atoms with Gasteiger partial charge in [-0.15, -0.1) is 0 Å². The second kappa shape index (κ2) is 10.8. The summed E-state index contributed by atoms with van der Waals surface area (Å²) in [5.41, 5.74) is 0. The Balaban J connectivity index is 1.53. The minimum atomic E-state index is -0.0956. The summed E-state index contributed by atoms with van der Waals surface area (Å²) >= 11 is 0. The van der Waals surface area contributed by atoms with Crippen molar-refractivity contribution in [2.24, 2.45) is 10.9 Å². The highest BCUT2D eigenvalue weighted by Gasteiger charge is 2.14. The average molecular weight is 349 g/mol. The van der Waals surface area contributed by atoms with Crippen LogP contribution in [-0.2, 0) is 11.3 Å². The number of nitrogens with zero attached hydrogens (tertiary/aromatic N) is 2. The van der Waals surface area contributed by atoms with Crippen molar-refractivity contribution in [3.8, 4) is 0 Å². The van der Waals surface area contributed by atoms with E-state index in [1.54, 1.807) is 19.4 Å². The summed E-state index contributed by atoms with van der Waals surface area (Å²) in [6.07, 6.45) is 5.28. The van der Waals surface area contributed by atoms with E-state index in [1.165, 1.54) is 25.9 Å². The molecule has 1 fully saturated rings. The first-order valence-electron chi connectivity index (χ1n) is 9.13. The van der Waals surface area contributed by atoms with Gasteiger partial charge in [0, 0.05) is 13.6 Å². The Morgan fingerprint density at radius 3 is 2.80 bits per heavy atom. The first-order chi connectivity index (χ1) is 12.2. The molecule has 0 saturated carbocycles. The van der Waals surface area contributed by atoms with Crippen LogP contribution in [0.25, 0.3) is 0 Å². The van der Waals surface area contributed by atoms with E-state index in [1.807, 2.05) is 6.07 Å². The smallest absolute Gasteiger partial charge is 0.239 e. The van der Waals surface area contributed by atoms with Gasteiger partial charge in [-0.25, -0.2) is 0 Å². The summed E-state index contributed by atoms with van der Waals surface area (Å²) in [6, 6.07) is 3.63. The number of piperidine rings is 1. The van der Waals surface area contributed by atoms with Crippen LogP contribution in [0.3, 0.4) is 0 Å². The summed E-state index contributed by atoms with van der Waals surface area (Å²) in [6.45, 7) is 7.30. The third-order valence-electron chi connectivity index (χ3n) is 4.50. The van der Waals surface area contributed by atoms with Gasteiger partial charge in [0.15, 0.2) is 5.96 Å². The van der Waals surface area contributed by atoms with Crippen LogP contribution in [0.1, 0.15) is 31.9 Å². The second-order valence-corrected chi connectivity index (χ2v) is 6.59. The highest BCUT2D eigenvalue weighted by molar-refractivity contribution is 5.86. The number of rotatable bonds is 8. The molecular weight excluding hydrogens is 318 g/mol. The van der Waals surface area contributed by atoms with E-state index in [9.17, 15) is 4.79 Å². The van der Waals surface area contributed by atoms with E-state index in [-0.39, 0.29) is 12.5 Å². The molecule has 7 heteroatoms. The molecule has 0 spiro atoms. The Bertz CT molecular complexity index is 522. The van der Waals surface area contributed by atoms with Gasteiger partial charge >= 0.3 is 0 Å². The van der Waals surface area contributed by atoms with Crippen molar-refractivity contribution in [2.45, 2.75) is 32.7 Å². The lowest BCUT2D eigenvalue weighted by molar-refractivity contribution is -0.120. The minimum absolute atomic E-state index is 0.0956. The Labute approximate surface area is 150 Å². The van der Waals surface area contributed by atoms with E-state index in [0.717, 1.165) is 31.2 Å². The normalized spacial score (nSPS) is 16.6. The number of nitrogens with one attached hydrogen (secondary N) is 3. The number of amides is 1. The molecule has 1 aromatic rings. The van der Waals surface area contributed by atoms with Crippen molar-refractivity contribution in [1.82, 2.24) is 20.9 Å². The fraction of sp³-hybridized carbons (Fsp3) is 0.667. The van der Waals surface area contributed by atoms with Crippen LogP contribution < -0.4 is 16.0 Å². The maximum atomic E-state index is 11.8. The van der Waals surface area contributed by atoms with Crippen molar-refractivity contribution in [3.05, 3.63) is 24.2 Å². The second-order valence-electron chi connectivity index (χ2n) is 6.59. The molecule has 0 aromatic carbocycles. The van der Waals surface area contributed by atoms with Crippen LogP contribution in [0, 0.1) is 5.92 Å². The predicted octanol–water partition coefficient (Wildman–Crippen LogP) is 1.18. The van der Waals surface area contributed by atoms with Gasteiger partial charge in [0.2, 0.25) is 5.91 Å². The first-order valence-corrected chi connectivity index (χ1v) is 9.13. The summed E-state index contributed by atoms with van der Waals surface area (Å²) in [5, 5.41) is 9.08. The molecule has 140 valence electrons.